The van der Waals surface area contributed by atoms with Crippen LogP contribution in [0, 0.1) is 0 Å². The Morgan fingerprint density at radius 1 is 0.929 bits per heavy atom. The fourth-order valence-corrected chi connectivity index (χ4v) is 3.33. The van der Waals surface area contributed by atoms with Crippen molar-refractivity contribution in [2.45, 2.75) is 0 Å². The fourth-order valence-electron chi connectivity index (χ4n) is 3.14. The summed E-state index contributed by atoms with van der Waals surface area (Å²) in [6, 6.07) is 19.5. The van der Waals surface area contributed by atoms with Crippen LogP contribution in [0.25, 0.3) is 11.3 Å². The molecule has 1 aromatic heterocycles. The largest absolute Gasteiger partial charge is 0.342 e. The molecule has 2 heterocycles. The van der Waals surface area contributed by atoms with Gasteiger partial charge in [0.15, 0.2) is 0 Å². The van der Waals surface area contributed by atoms with Crippen molar-refractivity contribution in [3.8, 4) is 11.3 Å². The van der Waals surface area contributed by atoms with Crippen LogP contribution in [-0.2, 0) is 4.79 Å². The highest BCUT2D eigenvalue weighted by Crippen LogP contribution is 2.26. The predicted octanol–water partition coefficient (Wildman–Crippen LogP) is 3.82. The Hall–Kier alpha value is -3.12. The second-order valence-corrected chi connectivity index (χ2v) is 7.00. The van der Waals surface area contributed by atoms with Crippen LogP contribution < -0.4 is 10.2 Å². The molecule has 1 N–H and O–H groups in total. The standard InChI is InChI=1S/C21H20ClN5O/c22-17-7-4-8-18(13-17)23-20-14-19(16-5-2-1-3-6-16)24-21(25-20)27-11-9-26(15-28)10-12-27/h1-8,13-15H,9-12H2,(H,23,24,25). The van der Waals surface area contributed by atoms with Crippen LogP contribution in [0.15, 0.2) is 60.7 Å². The van der Waals surface area contributed by atoms with Gasteiger partial charge >= 0.3 is 0 Å². The lowest BCUT2D eigenvalue weighted by atomic mass is 10.1. The number of benzene rings is 2. The van der Waals surface area contributed by atoms with Crippen molar-refractivity contribution in [2.75, 3.05) is 36.4 Å². The average Bonchev–Trinajstić information content (AvgIpc) is 2.74. The summed E-state index contributed by atoms with van der Waals surface area (Å²) >= 11 is 6.10. The van der Waals surface area contributed by atoms with E-state index < -0.39 is 0 Å². The highest BCUT2D eigenvalue weighted by Gasteiger charge is 2.19. The van der Waals surface area contributed by atoms with Gasteiger partial charge in [0.25, 0.3) is 0 Å². The molecule has 0 aliphatic carbocycles. The van der Waals surface area contributed by atoms with Gasteiger partial charge in [-0.1, -0.05) is 48.0 Å². The molecule has 0 unspecified atom stereocenters. The number of anilines is 3. The maximum Gasteiger partial charge on any atom is 0.228 e. The van der Waals surface area contributed by atoms with Gasteiger partial charge in [-0.05, 0) is 18.2 Å². The Morgan fingerprint density at radius 3 is 2.43 bits per heavy atom. The summed E-state index contributed by atoms with van der Waals surface area (Å²) in [6.07, 6.45) is 0.894. The molecule has 142 valence electrons. The SMILES string of the molecule is O=CN1CCN(c2nc(Nc3cccc(Cl)c3)cc(-c3ccccc3)n2)CC1. The molecule has 4 rings (SSSR count). The van der Waals surface area contributed by atoms with Gasteiger partial charge < -0.3 is 15.1 Å². The first-order valence-corrected chi connectivity index (χ1v) is 9.50. The van der Waals surface area contributed by atoms with E-state index in [9.17, 15) is 4.79 Å². The highest BCUT2D eigenvalue weighted by molar-refractivity contribution is 6.30. The van der Waals surface area contributed by atoms with Crippen LogP contribution in [-0.4, -0.2) is 47.5 Å². The van der Waals surface area contributed by atoms with Gasteiger partial charge in [-0.15, -0.1) is 0 Å². The summed E-state index contributed by atoms with van der Waals surface area (Å²) in [5.74, 6) is 1.35. The summed E-state index contributed by atoms with van der Waals surface area (Å²) < 4.78 is 0. The first-order valence-electron chi connectivity index (χ1n) is 9.13. The second-order valence-electron chi connectivity index (χ2n) is 6.57. The van der Waals surface area contributed by atoms with E-state index in [2.05, 4.69) is 10.2 Å². The van der Waals surface area contributed by atoms with Gasteiger partial charge in [0.05, 0.1) is 5.69 Å². The van der Waals surface area contributed by atoms with Gasteiger partial charge in [0, 0.05) is 48.5 Å². The minimum atomic E-state index is 0.649. The van der Waals surface area contributed by atoms with Gasteiger partial charge in [0.2, 0.25) is 12.4 Å². The Bertz CT molecular complexity index is 958. The van der Waals surface area contributed by atoms with Crippen LogP contribution >= 0.6 is 11.6 Å². The van der Waals surface area contributed by atoms with E-state index in [1.165, 1.54) is 0 Å². The summed E-state index contributed by atoms with van der Waals surface area (Å²) in [4.78, 5) is 24.3. The lowest BCUT2D eigenvalue weighted by Gasteiger charge is -2.32. The highest BCUT2D eigenvalue weighted by atomic mass is 35.5. The van der Waals surface area contributed by atoms with Crippen molar-refractivity contribution in [3.05, 3.63) is 65.7 Å². The zero-order valence-corrected chi connectivity index (χ0v) is 16.0. The number of aromatic nitrogens is 2. The number of amides is 1. The van der Waals surface area contributed by atoms with E-state index in [-0.39, 0.29) is 0 Å². The number of halogens is 1. The van der Waals surface area contributed by atoms with Crippen LogP contribution in [0.2, 0.25) is 5.02 Å². The minimum Gasteiger partial charge on any atom is -0.342 e. The Balaban J connectivity index is 1.68. The van der Waals surface area contributed by atoms with Gasteiger partial charge in [-0.25, -0.2) is 4.98 Å². The molecular formula is C21H20ClN5O. The quantitative estimate of drug-likeness (QED) is 0.668. The molecule has 2 aromatic carbocycles. The first kappa shape index (κ1) is 18.3. The van der Waals surface area contributed by atoms with Crippen LogP contribution in [0.1, 0.15) is 0 Å². The first-order chi connectivity index (χ1) is 13.7. The third-order valence-electron chi connectivity index (χ3n) is 4.63. The molecule has 3 aromatic rings. The van der Waals surface area contributed by atoms with E-state index in [1.807, 2.05) is 60.7 Å². The molecule has 7 heteroatoms. The number of nitrogens with zero attached hydrogens (tertiary/aromatic N) is 4. The molecule has 0 spiro atoms. The number of rotatable bonds is 5. The van der Waals surface area contributed by atoms with E-state index >= 15 is 0 Å². The molecule has 1 amide bonds. The molecule has 0 atom stereocenters. The van der Waals surface area contributed by atoms with Crippen LogP contribution in [0.5, 0.6) is 0 Å². The Labute approximate surface area is 168 Å². The molecule has 0 radical (unpaired) electrons. The smallest absolute Gasteiger partial charge is 0.228 e. The van der Waals surface area contributed by atoms with E-state index in [0.29, 0.717) is 43.0 Å². The summed E-state index contributed by atoms with van der Waals surface area (Å²) in [7, 11) is 0. The Kier molecular flexibility index (Phi) is 5.39. The minimum absolute atomic E-state index is 0.649. The summed E-state index contributed by atoms with van der Waals surface area (Å²) in [5, 5.41) is 3.99. The molecule has 1 aliphatic rings. The number of carbonyl (C=O) groups is 1. The van der Waals surface area contributed by atoms with Crippen LogP contribution in [0.4, 0.5) is 17.5 Å². The maximum absolute atomic E-state index is 11.0. The predicted molar refractivity (Wildman–Crippen MR) is 112 cm³/mol. The van der Waals surface area contributed by atoms with E-state index in [0.717, 1.165) is 23.4 Å². The van der Waals surface area contributed by atoms with Crippen molar-refractivity contribution >= 4 is 35.5 Å². The van der Waals surface area contributed by atoms with Crippen molar-refractivity contribution < 1.29 is 4.79 Å². The number of nitrogens with one attached hydrogen (secondary N) is 1. The molecule has 0 bridgehead atoms. The maximum atomic E-state index is 11.0. The van der Waals surface area contributed by atoms with Gasteiger partial charge in [-0.3, -0.25) is 4.79 Å². The van der Waals surface area contributed by atoms with E-state index in [1.54, 1.807) is 4.90 Å². The number of piperazine rings is 1. The molecule has 0 saturated carbocycles. The number of hydrogen-bond donors (Lipinski definition) is 1. The fraction of sp³-hybridized carbons (Fsp3) is 0.190. The topological polar surface area (TPSA) is 61.4 Å². The van der Waals surface area contributed by atoms with Gasteiger partial charge in [0.1, 0.15) is 5.82 Å². The van der Waals surface area contributed by atoms with Crippen molar-refractivity contribution in [1.82, 2.24) is 14.9 Å². The average molecular weight is 394 g/mol. The normalized spacial score (nSPS) is 14.0. The van der Waals surface area contributed by atoms with Crippen molar-refractivity contribution in [3.63, 3.8) is 0 Å². The molecule has 6 nitrogen and oxygen atoms in total. The Morgan fingerprint density at radius 2 is 1.71 bits per heavy atom. The zero-order chi connectivity index (χ0) is 19.3. The summed E-state index contributed by atoms with van der Waals surface area (Å²) in [5.41, 5.74) is 2.72. The molecular weight excluding hydrogens is 374 g/mol. The van der Waals surface area contributed by atoms with Crippen molar-refractivity contribution in [1.29, 1.82) is 0 Å². The lowest BCUT2D eigenvalue weighted by Crippen LogP contribution is -2.46. The zero-order valence-electron chi connectivity index (χ0n) is 15.3. The number of carbonyl (C=O) groups excluding carboxylic acids is 1. The monoisotopic (exact) mass is 393 g/mol. The second kappa shape index (κ2) is 8.27. The number of hydrogen-bond acceptors (Lipinski definition) is 5. The third-order valence-corrected chi connectivity index (χ3v) is 4.86. The van der Waals surface area contributed by atoms with Gasteiger partial charge in [-0.2, -0.15) is 4.98 Å². The molecule has 28 heavy (non-hydrogen) atoms. The summed E-state index contributed by atoms with van der Waals surface area (Å²) in [6.45, 7) is 2.74. The van der Waals surface area contributed by atoms with E-state index in [4.69, 9.17) is 21.6 Å². The third kappa shape index (κ3) is 4.23. The lowest BCUT2D eigenvalue weighted by molar-refractivity contribution is -0.118. The van der Waals surface area contributed by atoms with Crippen molar-refractivity contribution in [2.24, 2.45) is 0 Å². The molecule has 1 saturated heterocycles. The molecule has 1 aliphatic heterocycles. The van der Waals surface area contributed by atoms with Crippen LogP contribution in [0.3, 0.4) is 0 Å². The molecule has 1 fully saturated rings.